The van der Waals surface area contributed by atoms with Crippen LogP contribution in [0, 0.1) is 5.92 Å². The second-order valence-corrected chi connectivity index (χ2v) is 8.92. The number of carbonyl (C=O) groups is 1. The minimum absolute atomic E-state index is 0.00892. The van der Waals surface area contributed by atoms with Crippen molar-refractivity contribution in [3.05, 3.63) is 23.8 Å². The van der Waals surface area contributed by atoms with Gasteiger partial charge in [-0.15, -0.1) is 0 Å². The molecule has 1 aliphatic heterocycles. The number of benzene rings is 1. The van der Waals surface area contributed by atoms with Crippen molar-refractivity contribution in [3.63, 3.8) is 0 Å². The molecule has 29 heavy (non-hydrogen) atoms. The van der Waals surface area contributed by atoms with Crippen molar-refractivity contribution in [2.75, 3.05) is 46.9 Å². The summed E-state index contributed by atoms with van der Waals surface area (Å²) in [5.41, 5.74) is 1.04. The van der Waals surface area contributed by atoms with Crippen LogP contribution in [0.4, 0.5) is 0 Å². The van der Waals surface area contributed by atoms with Gasteiger partial charge >= 0.3 is 0 Å². The molecule has 1 amide bonds. The van der Waals surface area contributed by atoms with Crippen LogP contribution in [0.1, 0.15) is 32.3 Å². The van der Waals surface area contributed by atoms with Gasteiger partial charge in [-0.2, -0.15) is 17.0 Å². The van der Waals surface area contributed by atoms with E-state index in [9.17, 15) is 13.2 Å². The molecular weight excluding hydrogens is 394 g/mol. The Morgan fingerprint density at radius 2 is 1.76 bits per heavy atom. The van der Waals surface area contributed by atoms with Gasteiger partial charge in [0.15, 0.2) is 11.5 Å². The van der Waals surface area contributed by atoms with E-state index in [1.165, 1.54) is 8.61 Å². The second-order valence-electron chi connectivity index (χ2n) is 7.00. The number of hydrogen-bond donors (Lipinski definition) is 1. The minimum atomic E-state index is -3.43. The highest BCUT2D eigenvalue weighted by Crippen LogP contribution is 2.27. The average molecular weight is 428 g/mol. The number of amides is 1. The lowest BCUT2D eigenvalue weighted by molar-refractivity contribution is -0.126. The van der Waals surface area contributed by atoms with E-state index in [1.807, 2.05) is 32.0 Å². The fourth-order valence-corrected chi connectivity index (χ4v) is 5.22. The largest absolute Gasteiger partial charge is 0.493 e. The average Bonchev–Trinajstić information content (AvgIpc) is 2.74. The Kier molecular flexibility index (Phi) is 8.73. The predicted molar refractivity (Wildman–Crippen MR) is 112 cm³/mol. The molecule has 1 fully saturated rings. The highest BCUT2D eigenvalue weighted by Gasteiger charge is 2.33. The summed E-state index contributed by atoms with van der Waals surface area (Å²) in [4.78, 5) is 12.5. The Balaban J connectivity index is 1.82. The zero-order valence-electron chi connectivity index (χ0n) is 17.8. The van der Waals surface area contributed by atoms with Crippen molar-refractivity contribution in [1.29, 1.82) is 0 Å². The Hall–Kier alpha value is -1.84. The van der Waals surface area contributed by atoms with Crippen molar-refractivity contribution in [2.45, 2.75) is 33.1 Å². The normalized spacial score (nSPS) is 16.0. The fraction of sp³-hybridized carbons (Fsp3) is 0.650. The number of ether oxygens (including phenoxy) is 2. The number of nitrogens with one attached hydrogen (secondary N) is 1. The molecule has 0 radical (unpaired) electrons. The van der Waals surface area contributed by atoms with Gasteiger partial charge in [0.25, 0.3) is 10.2 Å². The molecule has 1 saturated heterocycles. The van der Waals surface area contributed by atoms with Crippen LogP contribution in [0.5, 0.6) is 11.5 Å². The van der Waals surface area contributed by atoms with Gasteiger partial charge in [0.1, 0.15) is 0 Å². The van der Waals surface area contributed by atoms with Crippen molar-refractivity contribution in [1.82, 2.24) is 13.9 Å². The topological polar surface area (TPSA) is 88.2 Å². The SMILES string of the molecule is CCN(CC)S(=O)(=O)N1CCC(C(=O)NCCc2ccc(OC)c(OC)c2)CC1. The molecule has 1 heterocycles. The predicted octanol–water partition coefficient (Wildman–Crippen LogP) is 1.66. The maximum atomic E-state index is 12.6. The third-order valence-corrected chi connectivity index (χ3v) is 7.53. The van der Waals surface area contributed by atoms with Gasteiger partial charge in [0.2, 0.25) is 5.91 Å². The van der Waals surface area contributed by atoms with E-state index < -0.39 is 10.2 Å². The molecule has 164 valence electrons. The van der Waals surface area contributed by atoms with Gasteiger partial charge in [-0.1, -0.05) is 19.9 Å². The van der Waals surface area contributed by atoms with Crippen LogP contribution in [0.15, 0.2) is 18.2 Å². The van der Waals surface area contributed by atoms with Crippen molar-refractivity contribution in [3.8, 4) is 11.5 Å². The fourth-order valence-electron chi connectivity index (χ4n) is 3.57. The lowest BCUT2D eigenvalue weighted by Crippen LogP contribution is -2.48. The van der Waals surface area contributed by atoms with E-state index in [2.05, 4.69) is 5.32 Å². The lowest BCUT2D eigenvalue weighted by atomic mass is 9.97. The summed E-state index contributed by atoms with van der Waals surface area (Å²) < 4.78 is 38.6. The number of carbonyl (C=O) groups excluding carboxylic acids is 1. The van der Waals surface area contributed by atoms with E-state index in [4.69, 9.17) is 9.47 Å². The Labute approximate surface area is 174 Å². The Morgan fingerprint density at radius 1 is 1.14 bits per heavy atom. The molecule has 9 heteroatoms. The smallest absolute Gasteiger partial charge is 0.281 e. The third-order valence-electron chi connectivity index (χ3n) is 5.34. The van der Waals surface area contributed by atoms with Gasteiger partial charge in [-0.25, -0.2) is 0 Å². The lowest BCUT2D eigenvalue weighted by Gasteiger charge is -2.33. The molecule has 8 nitrogen and oxygen atoms in total. The monoisotopic (exact) mass is 427 g/mol. The van der Waals surface area contributed by atoms with Crippen LogP contribution >= 0.6 is 0 Å². The maximum absolute atomic E-state index is 12.6. The van der Waals surface area contributed by atoms with Gasteiger partial charge in [0.05, 0.1) is 14.2 Å². The van der Waals surface area contributed by atoms with Crippen LogP contribution in [0.25, 0.3) is 0 Å². The van der Waals surface area contributed by atoms with Gasteiger partial charge < -0.3 is 14.8 Å². The van der Waals surface area contributed by atoms with E-state index in [0.717, 1.165) is 5.56 Å². The first-order chi connectivity index (χ1) is 13.9. The van der Waals surface area contributed by atoms with Crippen molar-refractivity contribution < 1.29 is 22.7 Å². The number of nitrogens with zero attached hydrogens (tertiary/aromatic N) is 2. The first-order valence-corrected chi connectivity index (χ1v) is 11.5. The summed E-state index contributed by atoms with van der Waals surface area (Å²) in [5, 5.41) is 2.98. The highest BCUT2D eigenvalue weighted by atomic mass is 32.2. The quantitative estimate of drug-likeness (QED) is 0.614. The van der Waals surface area contributed by atoms with E-state index in [0.29, 0.717) is 63.5 Å². The first kappa shape index (κ1) is 23.4. The van der Waals surface area contributed by atoms with E-state index in [-0.39, 0.29) is 11.8 Å². The number of piperidine rings is 1. The van der Waals surface area contributed by atoms with Crippen LogP contribution < -0.4 is 14.8 Å². The molecule has 2 rings (SSSR count). The molecule has 1 aliphatic rings. The zero-order valence-corrected chi connectivity index (χ0v) is 18.6. The van der Waals surface area contributed by atoms with Gasteiger partial charge in [-0.3, -0.25) is 4.79 Å². The van der Waals surface area contributed by atoms with Gasteiger partial charge in [-0.05, 0) is 37.0 Å². The molecule has 0 bridgehead atoms. The summed E-state index contributed by atoms with van der Waals surface area (Å²) in [6.07, 6.45) is 1.77. The summed E-state index contributed by atoms with van der Waals surface area (Å²) in [7, 11) is -0.239. The van der Waals surface area contributed by atoms with E-state index >= 15 is 0 Å². The molecule has 0 aliphatic carbocycles. The molecule has 1 N–H and O–H groups in total. The second kappa shape index (κ2) is 10.8. The highest BCUT2D eigenvalue weighted by molar-refractivity contribution is 7.86. The third kappa shape index (κ3) is 5.83. The number of hydrogen-bond acceptors (Lipinski definition) is 5. The molecular formula is C20H33N3O5S. The first-order valence-electron chi connectivity index (χ1n) is 10.1. The van der Waals surface area contributed by atoms with Crippen molar-refractivity contribution in [2.24, 2.45) is 5.92 Å². The van der Waals surface area contributed by atoms with Gasteiger partial charge in [0, 0.05) is 38.6 Å². The summed E-state index contributed by atoms with van der Waals surface area (Å²) in [5.74, 6) is 1.18. The Morgan fingerprint density at radius 3 is 2.31 bits per heavy atom. The molecule has 1 aromatic rings. The van der Waals surface area contributed by atoms with Crippen LogP contribution in [-0.2, 0) is 21.4 Å². The van der Waals surface area contributed by atoms with E-state index in [1.54, 1.807) is 14.2 Å². The number of methoxy groups -OCH3 is 2. The van der Waals surface area contributed by atoms with Crippen LogP contribution in [0.2, 0.25) is 0 Å². The Bertz CT molecular complexity index is 772. The molecule has 1 aromatic carbocycles. The van der Waals surface area contributed by atoms with Crippen LogP contribution in [0.3, 0.4) is 0 Å². The summed E-state index contributed by atoms with van der Waals surface area (Å²) >= 11 is 0. The zero-order chi connectivity index (χ0) is 21.4. The molecule has 0 aromatic heterocycles. The molecule has 0 saturated carbocycles. The summed E-state index contributed by atoms with van der Waals surface area (Å²) in [6.45, 7) is 5.86. The maximum Gasteiger partial charge on any atom is 0.281 e. The molecule has 0 atom stereocenters. The minimum Gasteiger partial charge on any atom is -0.493 e. The molecule has 0 spiro atoms. The standard InChI is InChI=1S/C20H33N3O5S/c1-5-22(6-2)29(25,26)23-13-10-17(11-14-23)20(24)21-12-9-16-7-8-18(27-3)19(15-16)28-4/h7-8,15,17H,5-6,9-14H2,1-4H3,(H,21,24). The molecule has 0 unspecified atom stereocenters. The summed E-state index contributed by atoms with van der Waals surface area (Å²) in [6, 6.07) is 5.70. The number of rotatable bonds is 10. The van der Waals surface area contributed by atoms with Crippen molar-refractivity contribution >= 4 is 16.1 Å². The van der Waals surface area contributed by atoms with Crippen LogP contribution in [-0.4, -0.2) is 69.9 Å².